The summed E-state index contributed by atoms with van der Waals surface area (Å²) in [5.41, 5.74) is 1.12. The lowest BCUT2D eigenvalue weighted by Gasteiger charge is -2.31. The van der Waals surface area contributed by atoms with Crippen molar-refractivity contribution in [2.75, 3.05) is 6.67 Å². The second-order valence-electron chi connectivity index (χ2n) is 8.66. The van der Waals surface area contributed by atoms with Crippen LogP contribution in [0, 0.1) is 23.6 Å². The van der Waals surface area contributed by atoms with Crippen LogP contribution in [0.25, 0.3) is 0 Å². The molecule has 0 radical (unpaired) electrons. The molecule has 0 heterocycles. The van der Waals surface area contributed by atoms with E-state index in [-0.39, 0.29) is 17.5 Å². The summed E-state index contributed by atoms with van der Waals surface area (Å²) in [6, 6.07) is 5.33. The van der Waals surface area contributed by atoms with Gasteiger partial charge in [0.25, 0.3) is 0 Å². The number of allylic oxidation sites excluding steroid dienone is 2. The standard InChI is InChI=1S/C24H33ClF2/c25-23-15-14-22(17-24(23)27)21-12-10-20(11-13-21)9-8-19-6-4-18(5-7-19)3-1-2-16-26/h1,3,14-15,17-21H,2,4-13,16H2/b3-1+/t18-,19-,20?,21?. The highest BCUT2D eigenvalue weighted by molar-refractivity contribution is 6.30. The van der Waals surface area contributed by atoms with Gasteiger partial charge in [0.05, 0.1) is 11.7 Å². The summed E-state index contributed by atoms with van der Waals surface area (Å²) in [5.74, 6) is 2.63. The van der Waals surface area contributed by atoms with Gasteiger partial charge in [-0.25, -0.2) is 4.39 Å². The monoisotopic (exact) mass is 394 g/mol. The zero-order valence-corrected chi connectivity index (χ0v) is 17.1. The van der Waals surface area contributed by atoms with E-state index in [1.54, 1.807) is 12.1 Å². The Morgan fingerprint density at radius 2 is 1.56 bits per heavy atom. The van der Waals surface area contributed by atoms with Gasteiger partial charge in [0, 0.05) is 0 Å². The lowest BCUT2D eigenvalue weighted by Crippen LogP contribution is -2.17. The average molecular weight is 395 g/mol. The first kappa shape index (κ1) is 20.8. The van der Waals surface area contributed by atoms with E-state index >= 15 is 0 Å². The summed E-state index contributed by atoms with van der Waals surface area (Å²) in [4.78, 5) is 0. The maximum Gasteiger partial charge on any atom is 0.142 e. The number of hydrogen-bond acceptors (Lipinski definition) is 0. The molecule has 0 N–H and O–H groups in total. The van der Waals surface area contributed by atoms with E-state index in [1.165, 1.54) is 64.2 Å². The van der Waals surface area contributed by atoms with E-state index in [0.29, 0.717) is 18.3 Å². The van der Waals surface area contributed by atoms with Crippen molar-refractivity contribution in [3.8, 4) is 0 Å². The molecule has 1 aromatic rings. The summed E-state index contributed by atoms with van der Waals surface area (Å²) in [6.45, 7) is -0.235. The molecule has 0 spiro atoms. The van der Waals surface area contributed by atoms with Crippen LogP contribution in [0.3, 0.4) is 0 Å². The van der Waals surface area contributed by atoms with Gasteiger partial charge in [-0.15, -0.1) is 0 Å². The van der Waals surface area contributed by atoms with Crippen LogP contribution in [-0.2, 0) is 0 Å². The van der Waals surface area contributed by atoms with Crippen LogP contribution >= 0.6 is 11.6 Å². The Labute approximate surface area is 168 Å². The Balaban J connectivity index is 1.35. The minimum atomic E-state index is -0.286. The van der Waals surface area contributed by atoms with Crippen LogP contribution in [0.4, 0.5) is 8.78 Å². The molecule has 0 amide bonds. The highest BCUT2D eigenvalue weighted by atomic mass is 35.5. The molecule has 0 bridgehead atoms. The third-order valence-electron chi connectivity index (χ3n) is 6.82. The molecule has 0 saturated heterocycles. The lowest BCUT2D eigenvalue weighted by atomic mass is 9.74. The molecule has 0 nitrogen and oxygen atoms in total. The van der Waals surface area contributed by atoms with E-state index in [0.717, 1.165) is 17.4 Å². The molecule has 0 unspecified atom stereocenters. The predicted octanol–water partition coefficient (Wildman–Crippen LogP) is 8.26. The fraction of sp³-hybridized carbons (Fsp3) is 0.667. The van der Waals surface area contributed by atoms with Gasteiger partial charge < -0.3 is 0 Å². The SMILES string of the molecule is FCC/C=C/[C@H]1CC[C@H](CCC2CCC(c3ccc(Cl)c(F)c3)CC2)CC1. The van der Waals surface area contributed by atoms with Gasteiger partial charge in [-0.3, -0.25) is 4.39 Å². The van der Waals surface area contributed by atoms with Gasteiger partial charge >= 0.3 is 0 Å². The van der Waals surface area contributed by atoms with Crippen molar-refractivity contribution < 1.29 is 8.78 Å². The zero-order chi connectivity index (χ0) is 19.1. The average Bonchev–Trinajstić information content (AvgIpc) is 2.70. The fourth-order valence-corrected chi connectivity index (χ4v) is 5.16. The molecule has 1 aromatic carbocycles. The first-order chi connectivity index (χ1) is 13.2. The van der Waals surface area contributed by atoms with Gasteiger partial charge in [0.15, 0.2) is 0 Å². The maximum absolute atomic E-state index is 13.7. The highest BCUT2D eigenvalue weighted by Gasteiger charge is 2.25. The number of halogens is 3. The van der Waals surface area contributed by atoms with Crippen LogP contribution in [0.5, 0.6) is 0 Å². The first-order valence-corrected chi connectivity index (χ1v) is 11.2. The van der Waals surface area contributed by atoms with E-state index < -0.39 is 0 Å². The van der Waals surface area contributed by atoms with Crippen molar-refractivity contribution in [2.24, 2.45) is 17.8 Å². The van der Waals surface area contributed by atoms with Crippen LogP contribution in [0.1, 0.15) is 82.1 Å². The number of hydrogen-bond donors (Lipinski definition) is 0. The lowest BCUT2D eigenvalue weighted by molar-refractivity contribution is 0.246. The molecule has 27 heavy (non-hydrogen) atoms. The van der Waals surface area contributed by atoms with Gasteiger partial charge in [0.2, 0.25) is 0 Å². The summed E-state index contributed by atoms with van der Waals surface area (Å²) in [6.07, 6.45) is 17.7. The van der Waals surface area contributed by atoms with Crippen LogP contribution < -0.4 is 0 Å². The minimum absolute atomic E-state index is 0.222. The molecule has 2 saturated carbocycles. The van der Waals surface area contributed by atoms with Crippen LogP contribution in [0.2, 0.25) is 5.02 Å². The first-order valence-electron chi connectivity index (χ1n) is 10.8. The van der Waals surface area contributed by atoms with Gasteiger partial charge in [-0.2, -0.15) is 0 Å². The molecule has 2 aliphatic carbocycles. The Bertz CT molecular complexity index is 596. The molecular weight excluding hydrogens is 362 g/mol. The van der Waals surface area contributed by atoms with Gasteiger partial charge in [0.1, 0.15) is 5.82 Å². The van der Waals surface area contributed by atoms with Crippen LogP contribution in [0.15, 0.2) is 30.4 Å². The summed E-state index contributed by atoms with van der Waals surface area (Å²) in [7, 11) is 0. The Morgan fingerprint density at radius 1 is 0.926 bits per heavy atom. The maximum atomic E-state index is 13.7. The molecule has 0 aliphatic heterocycles. The molecule has 0 aromatic heterocycles. The van der Waals surface area contributed by atoms with E-state index in [9.17, 15) is 8.78 Å². The van der Waals surface area contributed by atoms with E-state index in [2.05, 4.69) is 6.08 Å². The number of rotatable bonds is 7. The number of alkyl halides is 1. The second-order valence-corrected chi connectivity index (χ2v) is 9.06. The van der Waals surface area contributed by atoms with Crippen molar-refractivity contribution in [2.45, 2.75) is 76.5 Å². The predicted molar refractivity (Wildman–Crippen MR) is 111 cm³/mol. The van der Waals surface area contributed by atoms with E-state index in [1.807, 2.05) is 12.1 Å². The summed E-state index contributed by atoms with van der Waals surface area (Å²) < 4.78 is 25.9. The molecule has 3 heteroatoms. The number of benzene rings is 1. The Morgan fingerprint density at radius 3 is 2.15 bits per heavy atom. The Hall–Kier alpha value is -0.890. The van der Waals surface area contributed by atoms with Crippen molar-refractivity contribution in [1.82, 2.24) is 0 Å². The third kappa shape index (κ3) is 6.31. The fourth-order valence-electron chi connectivity index (χ4n) is 5.04. The topological polar surface area (TPSA) is 0 Å². The highest BCUT2D eigenvalue weighted by Crippen LogP contribution is 2.40. The normalized spacial score (nSPS) is 29.3. The van der Waals surface area contributed by atoms with Crippen molar-refractivity contribution in [3.63, 3.8) is 0 Å². The second kappa shape index (κ2) is 10.6. The van der Waals surface area contributed by atoms with Crippen molar-refractivity contribution in [3.05, 3.63) is 46.8 Å². The quantitative estimate of drug-likeness (QED) is 0.408. The molecule has 3 rings (SSSR count). The Kier molecular flexibility index (Phi) is 8.18. The zero-order valence-electron chi connectivity index (χ0n) is 16.3. The smallest absolute Gasteiger partial charge is 0.142 e. The minimum Gasteiger partial charge on any atom is -0.251 e. The third-order valence-corrected chi connectivity index (χ3v) is 7.13. The molecule has 2 aliphatic rings. The van der Waals surface area contributed by atoms with Crippen LogP contribution in [-0.4, -0.2) is 6.67 Å². The van der Waals surface area contributed by atoms with Gasteiger partial charge in [-0.1, -0.05) is 42.7 Å². The summed E-state index contributed by atoms with van der Waals surface area (Å²) >= 11 is 5.80. The largest absolute Gasteiger partial charge is 0.251 e. The summed E-state index contributed by atoms with van der Waals surface area (Å²) in [5, 5.41) is 0.222. The van der Waals surface area contributed by atoms with Gasteiger partial charge in [-0.05, 0) is 99.2 Å². The van der Waals surface area contributed by atoms with Crippen molar-refractivity contribution in [1.29, 1.82) is 0 Å². The van der Waals surface area contributed by atoms with Crippen molar-refractivity contribution >= 4 is 11.6 Å². The molecule has 0 atom stereocenters. The molecule has 150 valence electrons. The van der Waals surface area contributed by atoms with E-state index in [4.69, 9.17) is 11.6 Å². The molecule has 2 fully saturated rings. The molecular formula is C24H33ClF2.